The summed E-state index contributed by atoms with van der Waals surface area (Å²) in [6.07, 6.45) is 4.12. The van der Waals surface area contributed by atoms with Crippen molar-refractivity contribution in [2.75, 3.05) is 6.26 Å². The first kappa shape index (κ1) is 12.5. The highest BCUT2D eigenvalue weighted by Gasteiger charge is 2.28. The van der Waals surface area contributed by atoms with E-state index in [1.54, 1.807) is 0 Å². The number of hydrogen-bond acceptors (Lipinski definition) is 3. The van der Waals surface area contributed by atoms with Crippen molar-refractivity contribution in [3.8, 4) is 0 Å². The molecule has 1 saturated carbocycles. The summed E-state index contributed by atoms with van der Waals surface area (Å²) in [5.74, 6) is 0.264. The van der Waals surface area contributed by atoms with Crippen molar-refractivity contribution in [3.05, 3.63) is 0 Å². The van der Waals surface area contributed by atoms with Crippen LogP contribution in [0.25, 0.3) is 0 Å². The van der Waals surface area contributed by atoms with Gasteiger partial charge in [-0.2, -0.15) is 0 Å². The fourth-order valence-corrected chi connectivity index (χ4v) is 2.31. The average Bonchev–Trinajstić information content (AvgIpc) is 2.48. The Kier molecular flexibility index (Phi) is 3.76. The Hall–Kier alpha value is -0.580. The van der Waals surface area contributed by atoms with Crippen LogP contribution in [0.4, 0.5) is 0 Å². The molecular formula is C10H19NO3S. The lowest BCUT2D eigenvalue weighted by Crippen LogP contribution is -2.42. The molecule has 3 unspecified atom stereocenters. The number of carbonyl (C=O) groups excluding carboxylic acids is 1. The molecule has 0 saturated heterocycles. The van der Waals surface area contributed by atoms with Gasteiger partial charge in [0, 0.05) is 12.3 Å². The smallest absolute Gasteiger partial charge is 0.238 e. The van der Waals surface area contributed by atoms with Crippen molar-refractivity contribution in [1.82, 2.24) is 5.32 Å². The third kappa shape index (κ3) is 3.48. The maximum Gasteiger partial charge on any atom is 0.238 e. The van der Waals surface area contributed by atoms with Crippen molar-refractivity contribution in [3.63, 3.8) is 0 Å². The number of nitrogens with one attached hydrogen (secondary N) is 1. The number of amides is 1. The standard InChI is InChI=1S/C10H19NO3S/c1-7-4-5-9(6-7)11-10(12)8(2)15(3,13)14/h7-9H,4-6H2,1-3H3,(H,11,12). The fourth-order valence-electron chi connectivity index (χ4n) is 1.85. The Balaban J connectivity index is 2.49. The predicted molar refractivity (Wildman–Crippen MR) is 59.3 cm³/mol. The molecule has 4 nitrogen and oxygen atoms in total. The molecule has 1 N–H and O–H groups in total. The quantitative estimate of drug-likeness (QED) is 0.781. The van der Waals surface area contributed by atoms with Gasteiger partial charge in [-0.25, -0.2) is 8.42 Å². The maximum atomic E-state index is 11.6. The molecular weight excluding hydrogens is 214 g/mol. The van der Waals surface area contributed by atoms with Crippen LogP contribution in [0.15, 0.2) is 0 Å². The Morgan fingerprint density at radius 3 is 2.40 bits per heavy atom. The molecule has 1 fully saturated rings. The van der Waals surface area contributed by atoms with Gasteiger partial charge in [-0.05, 0) is 32.1 Å². The number of hydrogen-bond donors (Lipinski definition) is 1. The van der Waals surface area contributed by atoms with Gasteiger partial charge in [-0.3, -0.25) is 4.79 Å². The van der Waals surface area contributed by atoms with E-state index in [9.17, 15) is 13.2 Å². The summed E-state index contributed by atoms with van der Waals surface area (Å²) in [6, 6.07) is 0.164. The molecule has 0 spiro atoms. The van der Waals surface area contributed by atoms with Gasteiger partial charge >= 0.3 is 0 Å². The first-order valence-electron chi connectivity index (χ1n) is 5.30. The monoisotopic (exact) mass is 233 g/mol. The van der Waals surface area contributed by atoms with Crippen molar-refractivity contribution in [1.29, 1.82) is 0 Å². The van der Waals surface area contributed by atoms with Crippen LogP contribution in [0.3, 0.4) is 0 Å². The van der Waals surface area contributed by atoms with Crippen LogP contribution in [0.1, 0.15) is 33.1 Å². The third-order valence-corrected chi connectivity index (χ3v) is 4.55. The molecule has 5 heteroatoms. The van der Waals surface area contributed by atoms with Gasteiger partial charge in [-0.15, -0.1) is 0 Å². The van der Waals surface area contributed by atoms with Crippen LogP contribution >= 0.6 is 0 Å². The fraction of sp³-hybridized carbons (Fsp3) is 0.900. The van der Waals surface area contributed by atoms with Crippen LogP contribution in [0.2, 0.25) is 0 Å². The van der Waals surface area contributed by atoms with Crippen LogP contribution in [-0.2, 0) is 14.6 Å². The topological polar surface area (TPSA) is 63.2 Å². The van der Waals surface area contributed by atoms with Crippen LogP contribution < -0.4 is 5.32 Å². The molecule has 0 heterocycles. The van der Waals surface area contributed by atoms with Crippen molar-refractivity contribution in [2.45, 2.75) is 44.4 Å². The third-order valence-electron chi connectivity index (χ3n) is 3.05. The zero-order valence-corrected chi connectivity index (χ0v) is 10.3. The molecule has 0 aromatic rings. The molecule has 1 aliphatic rings. The van der Waals surface area contributed by atoms with E-state index in [1.807, 2.05) is 0 Å². The molecule has 3 atom stereocenters. The summed E-state index contributed by atoms with van der Waals surface area (Å²) >= 11 is 0. The largest absolute Gasteiger partial charge is 0.352 e. The van der Waals surface area contributed by atoms with Gasteiger partial charge in [0.05, 0.1) is 0 Å². The summed E-state index contributed by atoms with van der Waals surface area (Å²) in [7, 11) is -3.27. The SMILES string of the molecule is CC1CCC(NC(=O)C(C)S(C)(=O)=O)C1. The number of sulfone groups is 1. The lowest BCUT2D eigenvalue weighted by atomic mass is 10.1. The first-order valence-corrected chi connectivity index (χ1v) is 7.25. The predicted octanol–water partition coefficient (Wildman–Crippen LogP) is 0.724. The van der Waals surface area contributed by atoms with E-state index in [0.717, 1.165) is 25.5 Å². The molecule has 0 radical (unpaired) electrons. The summed E-state index contributed by atoms with van der Waals surface area (Å²) in [5.41, 5.74) is 0. The zero-order valence-electron chi connectivity index (χ0n) is 9.49. The van der Waals surface area contributed by atoms with Crippen molar-refractivity contribution < 1.29 is 13.2 Å². The number of carbonyl (C=O) groups is 1. The molecule has 1 amide bonds. The van der Waals surface area contributed by atoms with E-state index in [-0.39, 0.29) is 11.9 Å². The summed E-state index contributed by atoms with van der Waals surface area (Å²) < 4.78 is 22.3. The van der Waals surface area contributed by atoms with Gasteiger partial charge in [0.2, 0.25) is 5.91 Å². The Morgan fingerprint density at radius 2 is 2.00 bits per heavy atom. The molecule has 15 heavy (non-hydrogen) atoms. The summed E-state index contributed by atoms with van der Waals surface area (Å²) in [5, 5.41) is 1.86. The molecule has 0 aliphatic heterocycles. The van der Waals surface area contributed by atoms with Gasteiger partial charge in [0.1, 0.15) is 5.25 Å². The van der Waals surface area contributed by atoms with Crippen LogP contribution in [0, 0.1) is 5.92 Å². The molecule has 0 aromatic heterocycles. The lowest BCUT2D eigenvalue weighted by molar-refractivity contribution is -0.121. The summed E-state index contributed by atoms with van der Waals surface area (Å²) in [6.45, 7) is 3.58. The molecule has 1 aliphatic carbocycles. The van der Waals surface area contributed by atoms with E-state index in [1.165, 1.54) is 6.92 Å². The molecule has 0 aromatic carbocycles. The maximum absolute atomic E-state index is 11.6. The van der Waals surface area contributed by atoms with Gasteiger partial charge in [-0.1, -0.05) is 6.92 Å². The van der Waals surface area contributed by atoms with Crippen molar-refractivity contribution in [2.24, 2.45) is 5.92 Å². The minimum absolute atomic E-state index is 0.164. The normalized spacial score (nSPS) is 28.7. The van der Waals surface area contributed by atoms with Crippen molar-refractivity contribution >= 4 is 15.7 Å². The van der Waals surface area contributed by atoms with Gasteiger partial charge < -0.3 is 5.32 Å². The lowest BCUT2D eigenvalue weighted by Gasteiger charge is -2.15. The minimum Gasteiger partial charge on any atom is -0.352 e. The van der Waals surface area contributed by atoms with Crippen LogP contribution in [-0.4, -0.2) is 31.9 Å². The van der Waals surface area contributed by atoms with E-state index in [2.05, 4.69) is 12.2 Å². The van der Waals surface area contributed by atoms with E-state index >= 15 is 0 Å². The highest BCUT2D eigenvalue weighted by molar-refractivity contribution is 7.92. The van der Waals surface area contributed by atoms with E-state index < -0.39 is 15.1 Å². The highest BCUT2D eigenvalue weighted by atomic mass is 32.2. The summed E-state index contributed by atoms with van der Waals surface area (Å²) in [4.78, 5) is 11.6. The first-order chi connectivity index (χ1) is 6.80. The Bertz CT molecular complexity index is 337. The second-order valence-corrected chi connectivity index (χ2v) is 6.96. The Labute approximate surface area is 91.4 Å². The minimum atomic E-state index is -3.27. The molecule has 88 valence electrons. The number of rotatable bonds is 3. The second-order valence-electron chi connectivity index (χ2n) is 4.60. The van der Waals surface area contributed by atoms with Crippen LogP contribution in [0.5, 0.6) is 0 Å². The molecule has 0 bridgehead atoms. The zero-order chi connectivity index (χ0) is 11.6. The molecule has 1 rings (SSSR count). The van der Waals surface area contributed by atoms with E-state index in [4.69, 9.17) is 0 Å². The van der Waals surface area contributed by atoms with E-state index in [0.29, 0.717) is 5.92 Å². The second kappa shape index (κ2) is 4.51. The average molecular weight is 233 g/mol. The Morgan fingerprint density at radius 1 is 1.40 bits per heavy atom. The van der Waals surface area contributed by atoms with Gasteiger partial charge in [0.15, 0.2) is 9.84 Å². The van der Waals surface area contributed by atoms with Gasteiger partial charge in [0.25, 0.3) is 0 Å². The highest BCUT2D eigenvalue weighted by Crippen LogP contribution is 2.24.